The Morgan fingerprint density at radius 2 is 1.94 bits per heavy atom. The highest BCUT2D eigenvalue weighted by Crippen LogP contribution is 2.26. The second-order valence-corrected chi connectivity index (χ2v) is 4.90. The smallest absolute Gasteiger partial charge is 0.168 e. The number of hydrogen-bond acceptors (Lipinski definition) is 2. The van der Waals surface area contributed by atoms with Crippen molar-refractivity contribution in [2.24, 2.45) is 5.92 Å². The van der Waals surface area contributed by atoms with Gasteiger partial charge in [-0.3, -0.25) is 4.79 Å². The van der Waals surface area contributed by atoms with Crippen molar-refractivity contribution in [3.8, 4) is 0 Å². The molecule has 0 radical (unpaired) electrons. The number of ether oxygens (including phenoxy) is 1. The minimum absolute atomic E-state index is 0.0381. The molecule has 3 rings (SSSR count). The number of aryl methyl sites for hydroxylation is 1. The fourth-order valence-electron chi connectivity index (χ4n) is 2.63. The van der Waals surface area contributed by atoms with Gasteiger partial charge in [0.1, 0.15) is 0 Å². The van der Waals surface area contributed by atoms with E-state index in [0.29, 0.717) is 13.2 Å². The number of carbonyl (C=O) groups is 1. The number of benzene rings is 2. The topological polar surface area (TPSA) is 26.3 Å². The molecule has 1 atom stereocenters. The van der Waals surface area contributed by atoms with Crippen LogP contribution in [0, 0.1) is 12.8 Å². The molecule has 2 heteroatoms. The van der Waals surface area contributed by atoms with Gasteiger partial charge in [-0.1, -0.05) is 36.4 Å². The monoisotopic (exact) mass is 240 g/mol. The third kappa shape index (κ3) is 1.83. The van der Waals surface area contributed by atoms with Gasteiger partial charge in [-0.2, -0.15) is 0 Å². The van der Waals surface area contributed by atoms with Gasteiger partial charge in [0.05, 0.1) is 6.61 Å². The summed E-state index contributed by atoms with van der Waals surface area (Å²) in [6, 6.07) is 12.1. The van der Waals surface area contributed by atoms with Crippen molar-refractivity contribution in [1.82, 2.24) is 0 Å². The summed E-state index contributed by atoms with van der Waals surface area (Å²) >= 11 is 0. The van der Waals surface area contributed by atoms with Crippen LogP contribution >= 0.6 is 0 Å². The van der Waals surface area contributed by atoms with E-state index in [-0.39, 0.29) is 11.7 Å². The summed E-state index contributed by atoms with van der Waals surface area (Å²) < 4.78 is 5.31. The second-order valence-electron chi connectivity index (χ2n) is 4.90. The molecule has 0 aliphatic carbocycles. The van der Waals surface area contributed by atoms with E-state index >= 15 is 0 Å². The summed E-state index contributed by atoms with van der Waals surface area (Å²) in [4.78, 5) is 12.5. The molecule has 1 aliphatic heterocycles. The fourth-order valence-corrected chi connectivity index (χ4v) is 2.63. The van der Waals surface area contributed by atoms with Crippen LogP contribution in [0.5, 0.6) is 0 Å². The molecule has 92 valence electrons. The Hall–Kier alpha value is -1.67. The summed E-state index contributed by atoms with van der Waals surface area (Å²) in [5.41, 5.74) is 2.05. The third-order valence-corrected chi connectivity index (χ3v) is 3.71. The van der Waals surface area contributed by atoms with Crippen LogP contribution in [0.2, 0.25) is 0 Å². The second kappa shape index (κ2) is 4.54. The van der Waals surface area contributed by atoms with Crippen molar-refractivity contribution >= 4 is 16.6 Å². The summed E-state index contributed by atoms with van der Waals surface area (Å²) in [5, 5.41) is 2.23. The van der Waals surface area contributed by atoms with Gasteiger partial charge in [0.25, 0.3) is 0 Å². The molecule has 0 aromatic heterocycles. The zero-order valence-electron chi connectivity index (χ0n) is 10.5. The van der Waals surface area contributed by atoms with Gasteiger partial charge in [0.15, 0.2) is 5.78 Å². The van der Waals surface area contributed by atoms with E-state index in [4.69, 9.17) is 4.74 Å². The van der Waals surface area contributed by atoms with E-state index in [9.17, 15) is 4.79 Å². The van der Waals surface area contributed by atoms with Crippen LogP contribution in [-0.4, -0.2) is 19.0 Å². The van der Waals surface area contributed by atoms with E-state index in [1.165, 1.54) is 10.9 Å². The minimum atomic E-state index is 0.0381. The molecule has 1 saturated heterocycles. The molecule has 0 N–H and O–H groups in total. The molecule has 0 bridgehead atoms. The predicted molar refractivity (Wildman–Crippen MR) is 71.9 cm³/mol. The Labute approximate surface area is 107 Å². The van der Waals surface area contributed by atoms with Crippen LogP contribution in [0.4, 0.5) is 0 Å². The largest absolute Gasteiger partial charge is 0.381 e. The number of Topliss-reactive ketones (excluding diaryl/α,β-unsaturated/α-hetero) is 1. The van der Waals surface area contributed by atoms with Gasteiger partial charge >= 0.3 is 0 Å². The van der Waals surface area contributed by atoms with Gasteiger partial charge in [-0.25, -0.2) is 0 Å². The van der Waals surface area contributed by atoms with Crippen LogP contribution in [0.3, 0.4) is 0 Å². The molecule has 0 amide bonds. The highest BCUT2D eigenvalue weighted by Gasteiger charge is 2.25. The molecule has 1 unspecified atom stereocenters. The summed E-state index contributed by atoms with van der Waals surface area (Å²) in [6.07, 6.45) is 0.848. The van der Waals surface area contributed by atoms with Crippen molar-refractivity contribution in [3.05, 3.63) is 47.5 Å². The number of hydrogen-bond donors (Lipinski definition) is 0. The van der Waals surface area contributed by atoms with Gasteiger partial charge in [-0.05, 0) is 29.7 Å². The average molecular weight is 240 g/mol. The van der Waals surface area contributed by atoms with Gasteiger partial charge in [0, 0.05) is 18.1 Å². The van der Waals surface area contributed by atoms with Crippen molar-refractivity contribution < 1.29 is 9.53 Å². The van der Waals surface area contributed by atoms with Crippen LogP contribution in [0.1, 0.15) is 22.3 Å². The first kappa shape index (κ1) is 11.4. The number of fused-ring (bicyclic) bond motifs is 1. The quantitative estimate of drug-likeness (QED) is 0.752. The van der Waals surface area contributed by atoms with Crippen LogP contribution in [0.25, 0.3) is 10.8 Å². The van der Waals surface area contributed by atoms with Crippen molar-refractivity contribution in [1.29, 1.82) is 0 Å². The first-order chi connectivity index (χ1) is 8.77. The van der Waals surface area contributed by atoms with Gasteiger partial charge in [-0.15, -0.1) is 0 Å². The van der Waals surface area contributed by atoms with Crippen LogP contribution in [-0.2, 0) is 4.74 Å². The summed E-state index contributed by atoms with van der Waals surface area (Å²) in [7, 11) is 0. The first-order valence-electron chi connectivity index (χ1n) is 6.37. The van der Waals surface area contributed by atoms with Gasteiger partial charge in [0.2, 0.25) is 0 Å². The maximum Gasteiger partial charge on any atom is 0.168 e. The highest BCUT2D eigenvalue weighted by atomic mass is 16.5. The average Bonchev–Trinajstić information content (AvgIpc) is 2.93. The maximum atomic E-state index is 12.5. The van der Waals surface area contributed by atoms with Gasteiger partial charge < -0.3 is 4.74 Å². The van der Waals surface area contributed by atoms with E-state index in [2.05, 4.69) is 13.0 Å². The van der Waals surface area contributed by atoms with E-state index < -0.39 is 0 Å². The van der Waals surface area contributed by atoms with Crippen molar-refractivity contribution in [3.63, 3.8) is 0 Å². The Balaban J connectivity index is 2.11. The Bertz CT molecular complexity index is 595. The lowest BCUT2D eigenvalue weighted by atomic mass is 9.91. The lowest BCUT2D eigenvalue weighted by Gasteiger charge is -2.11. The van der Waals surface area contributed by atoms with Crippen LogP contribution in [0.15, 0.2) is 36.4 Å². The molecule has 0 spiro atoms. The molecular formula is C16H16O2. The van der Waals surface area contributed by atoms with Crippen LogP contribution < -0.4 is 0 Å². The SMILES string of the molecule is Cc1ccc(C(=O)C2CCOC2)c2ccccc12. The minimum Gasteiger partial charge on any atom is -0.381 e. The lowest BCUT2D eigenvalue weighted by Crippen LogP contribution is -2.15. The Kier molecular flexibility index (Phi) is 2.88. The van der Waals surface area contributed by atoms with E-state index in [1.807, 2.05) is 30.3 Å². The van der Waals surface area contributed by atoms with Crippen molar-refractivity contribution in [2.75, 3.05) is 13.2 Å². The molecule has 2 nitrogen and oxygen atoms in total. The molecule has 0 saturated carbocycles. The standard InChI is InChI=1S/C16H16O2/c1-11-6-7-15(14-5-3-2-4-13(11)14)16(17)12-8-9-18-10-12/h2-7,12H,8-10H2,1H3. The lowest BCUT2D eigenvalue weighted by molar-refractivity contribution is 0.0902. The number of rotatable bonds is 2. The molecule has 2 aromatic carbocycles. The first-order valence-corrected chi connectivity index (χ1v) is 6.37. The normalized spacial score (nSPS) is 19.3. The third-order valence-electron chi connectivity index (χ3n) is 3.71. The zero-order chi connectivity index (χ0) is 12.5. The highest BCUT2D eigenvalue weighted by molar-refractivity contribution is 6.09. The molecule has 1 aliphatic rings. The number of ketones is 1. The Morgan fingerprint density at radius 3 is 2.67 bits per heavy atom. The Morgan fingerprint density at radius 1 is 1.17 bits per heavy atom. The molecule has 1 fully saturated rings. The maximum absolute atomic E-state index is 12.5. The summed E-state index contributed by atoms with van der Waals surface area (Å²) in [6.45, 7) is 3.36. The number of carbonyl (C=O) groups excluding carboxylic acids is 1. The molecule has 2 aromatic rings. The predicted octanol–water partition coefficient (Wildman–Crippen LogP) is 3.37. The van der Waals surface area contributed by atoms with E-state index in [1.54, 1.807) is 0 Å². The van der Waals surface area contributed by atoms with Crippen molar-refractivity contribution in [2.45, 2.75) is 13.3 Å². The fraction of sp³-hybridized carbons (Fsp3) is 0.312. The molecule has 18 heavy (non-hydrogen) atoms. The van der Waals surface area contributed by atoms with E-state index in [0.717, 1.165) is 17.4 Å². The molecular weight excluding hydrogens is 224 g/mol. The summed E-state index contributed by atoms with van der Waals surface area (Å²) in [5.74, 6) is 0.264. The molecule has 1 heterocycles. The zero-order valence-corrected chi connectivity index (χ0v) is 10.5.